The largest absolute Gasteiger partial charge is 0.457 e. The van der Waals surface area contributed by atoms with E-state index in [1.54, 1.807) is 22.9 Å². The molecule has 9 heteroatoms. The Labute approximate surface area is 202 Å². The number of nitrogen functional groups attached to an aromatic ring is 1. The molecule has 2 heterocycles. The van der Waals surface area contributed by atoms with E-state index in [1.165, 1.54) is 24.4 Å². The van der Waals surface area contributed by atoms with E-state index in [0.29, 0.717) is 17.3 Å². The number of nitrogens with zero attached hydrogens (tertiary/aromatic N) is 4. The number of anilines is 3. The molecular formula is C26H27FN6O2. The van der Waals surface area contributed by atoms with Crippen molar-refractivity contribution < 1.29 is 13.9 Å². The van der Waals surface area contributed by atoms with Crippen LogP contribution < -0.4 is 21.1 Å². The summed E-state index contributed by atoms with van der Waals surface area (Å²) in [6.07, 6.45) is 1.49. The van der Waals surface area contributed by atoms with Gasteiger partial charge in [0, 0.05) is 29.8 Å². The zero-order chi connectivity index (χ0) is 25.3. The van der Waals surface area contributed by atoms with Crippen molar-refractivity contribution in [3.8, 4) is 17.2 Å². The van der Waals surface area contributed by atoms with Gasteiger partial charge >= 0.3 is 6.03 Å². The number of ether oxygens (including phenoxy) is 1. The highest BCUT2D eigenvalue weighted by atomic mass is 19.1. The average Bonchev–Trinajstić information content (AvgIpc) is 3.21. The lowest BCUT2D eigenvalue weighted by molar-refractivity contribution is 0.255. The van der Waals surface area contributed by atoms with Gasteiger partial charge in [-0.25, -0.2) is 23.8 Å². The van der Waals surface area contributed by atoms with Gasteiger partial charge in [0.1, 0.15) is 23.1 Å². The fraction of sp³-hybridized carbons (Fsp3) is 0.192. The Balaban J connectivity index is 1.79. The number of rotatable bonds is 5. The van der Waals surface area contributed by atoms with Crippen LogP contribution in [-0.2, 0) is 5.41 Å². The molecule has 0 radical (unpaired) electrons. The number of carbonyl (C=O) groups is 1. The molecule has 0 saturated carbocycles. The van der Waals surface area contributed by atoms with E-state index in [2.05, 4.69) is 4.98 Å². The first-order valence-electron chi connectivity index (χ1n) is 11.0. The number of nitrogens with two attached hydrogens (primary N) is 2. The average molecular weight is 475 g/mol. The lowest BCUT2D eigenvalue weighted by Gasteiger charge is -2.22. The number of amides is 2. The third kappa shape index (κ3) is 5.08. The van der Waals surface area contributed by atoms with Crippen LogP contribution in [0.25, 0.3) is 5.69 Å². The van der Waals surface area contributed by atoms with Gasteiger partial charge in [-0.1, -0.05) is 38.5 Å². The molecule has 2 amide bonds. The molecule has 35 heavy (non-hydrogen) atoms. The molecule has 4 aromatic rings. The molecule has 2 aromatic heterocycles. The van der Waals surface area contributed by atoms with Crippen molar-refractivity contribution in [2.24, 2.45) is 5.73 Å². The third-order valence-corrected chi connectivity index (χ3v) is 5.34. The van der Waals surface area contributed by atoms with E-state index >= 15 is 4.39 Å². The topological polar surface area (TPSA) is 112 Å². The summed E-state index contributed by atoms with van der Waals surface area (Å²) in [5.41, 5.74) is 13.6. The molecule has 0 atom stereocenters. The van der Waals surface area contributed by atoms with Crippen LogP contribution in [-0.4, -0.2) is 20.8 Å². The summed E-state index contributed by atoms with van der Waals surface area (Å²) >= 11 is 0. The Morgan fingerprint density at radius 1 is 1.03 bits per heavy atom. The molecule has 0 unspecified atom stereocenters. The molecule has 0 spiro atoms. The van der Waals surface area contributed by atoms with E-state index in [1.807, 2.05) is 52.0 Å². The second-order valence-corrected chi connectivity index (χ2v) is 9.19. The smallest absolute Gasteiger partial charge is 0.325 e. The van der Waals surface area contributed by atoms with E-state index in [-0.39, 0.29) is 22.7 Å². The summed E-state index contributed by atoms with van der Waals surface area (Å²) in [6, 6.07) is 15.8. The van der Waals surface area contributed by atoms with Crippen molar-refractivity contribution in [1.29, 1.82) is 0 Å². The van der Waals surface area contributed by atoms with Gasteiger partial charge in [0.25, 0.3) is 0 Å². The number of urea groups is 1. The van der Waals surface area contributed by atoms with Crippen molar-refractivity contribution in [2.75, 3.05) is 10.6 Å². The minimum absolute atomic E-state index is 0.0344. The van der Waals surface area contributed by atoms with Gasteiger partial charge in [0.15, 0.2) is 5.82 Å². The van der Waals surface area contributed by atoms with Crippen molar-refractivity contribution in [2.45, 2.75) is 33.1 Å². The van der Waals surface area contributed by atoms with E-state index < -0.39 is 11.8 Å². The molecule has 4 rings (SSSR count). The number of benzene rings is 2. The monoisotopic (exact) mass is 474 g/mol. The maximum atomic E-state index is 15.4. The maximum absolute atomic E-state index is 15.4. The van der Waals surface area contributed by atoms with Crippen LogP contribution >= 0.6 is 0 Å². The fourth-order valence-corrected chi connectivity index (χ4v) is 3.49. The molecule has 4 N–H and O–H groups in total. The summed E-state index contributed by atoms with van der Waals surface area (Å²) in [7, 11) is 0. The van der Waals surface area contributed by atoms with Crippen molar-refractivity contribution in [1.82, 2.24) is 14.8 Å². The Bertz CT molecular complexity index is 1380. The fourth-order valence-electron chi connectivity index (χ4n) is 3.49. The number of primary amides is 1. The van der Waals surface area contributed by atoms with Gasteiger partial charge in [-0.3, -0.25) is 0 Å². The highest BCUT2D eigenvalue weighted by Crippen LogP contribution is 2.35. The molecular weight excluding hydrogens is 447 g/mol. The van der Waals surface area contributed by atoms with E-state index in [4.69, 9.17) is 21.3 Å². The van der Waals surface area contributed by atoms with Gasteiger partial charge < -0.3 is 16.2 Å². The van der Waals surface area contributed by atoms with Crippen LogP contribution in [0.15, 0.2) is 66.9 Å². The van der Waals surface area contributed by atoms with Crippen LogP contribution in [0.3, 0.4) is 0 Å². The predicted molar refractivity (Wildman–Crippen MR) is 134 cm³/mol. The molecule has 0 aliphatic heterocycles. The minimum Gasteiger partial charge on any atom is -0.457 e. The van der Waals surface area contributed by atoms with E-state index in [0.717, 1.165) is 16.2 Å². The first-order chi connectivity index (χ1) is 16.5. The van der Waals surface area contributed by atoms with E-state index in [9.17, 15) is 4.79 Å². The first kappa shape index (κ1) is 23.7. The van der Waals surface area contributed by atoms with Crippen molar-refractivity contribution >= 4 is 23.4 Å². The summed E-state index contributed by atoms with van der Waals surface area (Å²) in [4.78, 5) is 17.7. The Kier molecular flexibility index (Phi) is 6.17. The molecule has 0 saturated heterocycles. The van der Waals surface area contributed by atoms with Crippen LogP contribution in [0.4, 0.5) is 26.5 Å². The van der Waals surface area contributed by atoms with Gasteiger partial charge in [-0.2, -0.15) is 5.10 Å². The Morgan fingerprint density at radius 2 is 1.71 bits per heavy atom. The molecule has 180 valence electrons. The molecule has 0 fully saturated rings. The quantitative estimate of drug-likeness (QED) is 0.391. The Morgan fingerprint density at radius 3 is 2.31 bits per heavy atom. The highest BCUT2D eigenvalue weighted by Gasteiger charge is 2.28. The number of halogens is 1. The number of hydrogen-bond donors (Lipinski definition) is 2. The van der Waals surface area contributed by atoms with Gasteiger partial charge in [-0.15, -0.1) is 0 Å². The van der Waals surface area contributed by atoms with Crippen molar-refractivity contribution in [3.63, 3.8) is 0 Å². The lowest BCUT2D eigenvalue weighted by Crippen LogP contribution is -2.33. The Hall–Kier alpha value is -4.40. The van der Waals surface area contributed by atoms with Crippen LogP contribution in [0.2, 0.25) is 0 Å². The number of hydrogen-bond acceptors (Lipinski definition) is 5. The zero-order valence-electron chi connectivity index (χ0n) is 20.0. The van der Waals surface area contributed by atoms with Gasteiger partial charge in [-0.05, 0) is 37.3 Å². The second-order valence-electron chi connectivity index (χ2n) is 9.19. The summed E-state index contributed by atoms with van der Waals surface area (Å²) in [5.74, 6) is 0.531. The van der Waals surface area contributed by atoms with Crippen LogP contribution in [0.5, 0.6) is 11.5 Å². The predicted octanol–water partition coefficient (Wildman–Crippen LogP) is 5.60. The SMILES string of the molecule is Cc1ccc(-n2nc(C(C)(C)C)cc2N(C(N)=O)c2ccc(Oc3ccnc(N)c3)cc2F)cc1. The summed E-state index contributed by atoms with van der Waals surface area (Å²) < 4.78 is 22.6. The highest BCUT2D eigenvalue weighted by molar-refractivity contribution is 5.98. The third-order valence-electron chi connectivity index (χ3n) is 5.34. The normalized spacial score (nSPS) is 11.3. The van der Waals surface area contributed by atoms with Crippen molar-refractivity contribution in [3.05, 3.63) is 83.9 Å². The lowest BCUT2D eigenvalue weighted by atomic mass is 9.92. The maximum Gasteiger partial charge on any atom is 0.325 e. The molecule has 0 bridgehead atoms. The number of carbonyl (C=O) groups excluding carboxylic acids is 1. The minimum atomic E-state index is -0.854. The number of aromatic nitrogens is 3. The first-order valence-corrected chi connectivity index (χ1v) is 11.0. The number of aryl methyl sites for hydroxylation is 1. The van der Waals surface area contributed by atoms with Gasteiger partial charge in [0.05, 0.1) is 17.1 Å². The molecule has 2 aromatic carbocycles. The summed E-state index contributed by atoms with van der Waals surface area (Å²) in [5, 5.41) is 4.72. The molecule has 0 aliphatic rings. The standard InChI is InChI=1S/C26H27FN6O2/c1-16-5-7-17(8-6-16)33-24(15-22(31-33)26(2,3)4)32(25(29)34)21-10-9-18(13-20(21)27)35-19-11-12-30-23(28)14-19/h5-15H,1-4H3,(H2,28,30)(H2,29,34). The van der Waals surface area contributed by atoms with Gasteiger partial charge in [0.2, 0.25) is 0 Å². The van der Waals surface area contributed by atoms with Crippen LogP contribution in [0.1, 0.15) is 32.0 Å². The second kappa shape index (κ2) is 9.09. The molecule has 8 nitrogen and oxygen atoms in total. The number of pyridine rings is 1. The summed E-state index contributed by atoms with van der Waals surface area (Å²) in [6.45, 7) is 7.99. The van der Waals surface area contributed by atoms with Crippen LogP contribution in [0, 0.1) is 12.7 Å². The zero-order valence-corrected chi connectivity index (χ0v) is 20.0. The molecule has 0 aliphatic carbocycles.